The van der Waals surface area contributed by atoms with Crippen molar-refractivity contribution in [1.29, 1.82) is 0 Å². The number of carbonyl (C=O) groups is 4. The van der Waals surface area contributed by atoms with Crippen LogP contribution in [0, 0.1) is 0 Å². The Labute approximate surface area is 244 Å². The fourth-order valence-corrected chi connectivity index (χ4v) is 4.02. The van der Waals surface area contributed by atoms with Crippen molar-refractivity contribution in [3.8, 4) is 11.5 Å². The average molecular weight is 597 g/mol. The summed E-state index contributed by atoms with van der Waals surface area (Å²) in [6, 6.07) is 5.32. The van der Waals surface area contributed by atoms with Crippen LogP contribution in [0.5, 0.6) is 11.5 Å². The molecule has 0 spiro atoms. The standard InChI is InChI=1S/C30H28O13/c31-18-1-3-21(4-2-18)41-28-27(43-24(35)10-16-30(39)13-7-20(33)8-14-30)26(37)25(36)22(42-28)17-40-23(34)9-15-29(38)11-5-19(32)6-12-29/h1-16,22,25-28,31,36-39H,17H2. The molecule has 13 heteroatoms. The molecule has 0 aromatic heterocycles. The Morgan fingerprint density at radius 3 is 1.86 bits per heavy atom. The Morgan fingerprint density at radius 1 is 0.814 bits per heavy atom. The third-order valence-corrected chi connectivity index (χ3v) is 6.41. The van der Waals surface area contributed by atoms with Crippen LogP contribution in [-0.2, 0) is 33.4 Å². The van der Waals surface area contributed by atoms with E-state index in [0.717, 1.165) is 60.8 Å². The lowest BCUT2D eigenvalue weighted by molar-refractivity contribution is -0.281. The van der Waals surface area contributed by atoms with Crippen LogP contribution in [0.2, 0.25) is 0 Å². The maximum absolute atomic E-state index is 12.6. The minimum Gasteiger partial charge on any atom is -0.508 e. The molecular formula is C30H28O13. The minimum absolute atomic E-state index is 0.0701. The number of allylic oxidation sites excluding steroid dienone is 4. The zero-order chi connectivity index (χ0) is 31.2. The van der Waals surface area contributed by atoms with Gasteiger partial charge in [0.1, 0.15) is 47.6 Å². The van der Waals surface area contributed by atoms with Crippen LogP contribution in [0.1, 0.15) is 0 Å². The Balaban J connectivity index is 1.44. The first kappa shape index (κ1) is 31.3. The van der Waals surface area contributed by atoms with Crippen molar-refractivity contribution in [3.63, 3.8) is 0 Å². The summed E-state index contributed by atoms with van der Waals surface area (Å²) < 4.78 is 21.8. The van der Waals surface area contributed by atoms with E-state index in [1.54, 1.807) is 0 Å². The summed E-state index contributed by atoms with van der Waals surface area (Å²) in [6.45, 7) is -0.593. The number of phenols is 1. The quantitative estimate of drug-likeness (QED) is 0.183. The highest BCUT2D eigenvalue weighted by Gasteiger charge is 2.48. The highest BCUT2D eigenvalue weighted by atomic mass is 16.7. The van der Waals surface area contributed by atoms with Gasteiger partial charge in [-0.25, -0.2) is 9.59 Å². The van der Waals surface area contributed by atoms with E-state index in [1.165, 1.54) is 36.4 Å². The normalized spacial score (nSPS) is 27.5. The topological polar surface area (TPSA) is 206 Å². The molecule has 0 saturated carbocycles. The molecule has 1 fully saturated rings. The fraction of sp³-hybridized carbons (Fsp3) is 0.267. The smallest absolute Gasteiger partial charge is 0.331 e. The number of hydrogen-bond acceptors (Lipinski definition) is 13. The molecule has 4 rings (SSSR count). The van der Waals surface area contributed by atoms with Crippen molar-refractivity contribution >= 4 is 23.5 Å². The molecule has 2 aliphatic carbocycles. The van der Waals surface area contributed by atoms with Gasteiger partial charge in [0.15, 0.2) is 17.7 Å². The number of hydrogen-bond donors (Lipinski definition) is 5. The van der Waals surface area contributed by atoms with Gasteiger partial charge in [0.2, 0.25) is 6.29 Å². The number of phenolic OH excluding ortho intramolecular Hbond substituents is 1. The van der Waals surface area contributed by atoms with Gasteiger partial charge in [-0.05, 0) is 85.0 Å². The van der Waals surface area contributed by atoms with Gasteiger partial charge in [-0.15, -0.1) is 0 Å². The molecule has 1 saturated heterocycles. The molecule has 0 amide bonds. The van der Waals surface area contributed by atoms with Crippen LogP contribution in [0.4, 0.5) is 0 Å². The van der Waals surface area contributed by atoms with Gasteiger partial charge in [0.05, 0.1) is 0 Å². The zero-order valence-electron chi connectivity index (χ0n) is 22.3. The van der Waals surface area contributed by atoms with Gasteiger partial charge < -0.3 is 44.5 Å². The van der Waals surface area contributed by atoms with E-state index in [-0.39, 0.29) is 23.1 Å². The second-order valence-corrected chi connectivity index (χ2v) is 9.75. The molecule has 1 aliphatic heterocycles. The first-order valence-electron chi connectivity index (χ1n) is 12.9. The SMILES string of the molecule is O=C1C=CC(O)(C=CC(=O)OCC2OC(Oc3ccc(O)cc3)C(OC(=O)C=CC3(O)C=CC(=O)C=C3)C(O)C2O)C=C1. The van der Waals surface area contributed by atoms with E-state index in [9.17, 15) is 44.7 Å². The molecule has 226 valence electrons. The summed E-state index contributed by atoms with van der Waals surface area (Å²) in [5, 5.41) is 51.8. The summed E-state index contributed by atoms with van der Waals surface area (Å²) in [6.07, 6.45) is 4.93. The molecular weight excluding hydrogens is 568 g/mol. The van der Waals surface area contributed by atoms with Crippen molar-refractivity contribution in [2.24, 2.45) is 0 Å². The lowest BCUT2D eigenvalue weighted by Gasteiger charge is -2.41. The number of aliphatic hydroxyl groups excluding tert-OH is 2. The van der Waals surface area contributed by atoms with Crippen LogP contribution in [0.3, 0.4) is 0 Å². The van der Waals surface area contributed by atoms with Crippen LogP contribution >= 0.6 is 0 Å². The predicted octanol–water partition coefficient (Wildman–Crippen LogP) is -0.363. The molecule has 0 bridgehead atoms. The first-order chi connectivity index (χ1) is 20.3. The zero-order valence-corrected chi connectivity index (χ0v) is 22.3. The third-order valence-electron chi connectivity index (χ3n) is 6.41. The molecule has 1 aromatic carbocycles. The van der Waals surface area contributed by atoms with Crippen molar-refractivity contribution in [1.82, 2.24) is 0 Å². The van der Waals surface area contributed by atoms with Crippen molar-refractivity contribution < 1.29 is 63.7 Å². The maximum Gasteiger partial charge on any atom is 0.331 e. The Bertz CT molecular complexity index is 1380. The molecule has 0 radical (unpaired) electrons. The number of benzene rings is 1. The summed E-state index contributed by atoms with van der Waals surface area (Å²) >= 11 is 0. The first-order valence-corrected chi connectivity index (χ1v) is 12.9. The van der Waals surface area contributed by atoms with Gasteiger partial charge in [0, 0.05) is 12.2 Å². The number of esters is 2. The maximum atomic E-state index is 12.6. The minimum atomic E-state index is -1.81. The molecule has 5 atom stereocenters. The number of ether oxygens (including phenoxy) is 4. The van der Waals surface area contributed by atoms with Crippen molar-refractivity contribution in [2.45, 2.75) is 41.9 Å². The van der Waals surface area contributed by atoms with E-state index in [4.69, 9.17) is 18.9 Å². The molecule has 5 unspecified atom stereocenters. The van der Waals surface area contributed by atoms with Crippen molar-refractivity contribution in [3.05, 3.63) is 97.2 Å². The monoisotopic (exact) mass is 596 g/mol. The molecule has 1 heterocycles. The number of carbonyl (C=O) groups excluding carboxylic acids is 4. The number of ketones is 2. The molecule has 5 N–H and O–H groups in total. The van der Waals surface area contributed by atoms with Gasteiger partial charge in [0.25, 0.3) is 0 Å². The van der Waals surface area contributed by atoms with Gasteiger partial charge in [-0.3, -0.25) is 9.59 Å². The lowest BCUT2D eigenvalue weighted by Crippen LogP contribution is -2.61. The highest BCUT2D eigenvalue weighted by molar-refractivity contribution is 6.01. The van der Waals surface area contributed by atoms with Gasteiger partial charge >= 0.3 is 11.9 Å². The largest absolute Gasteiger partial charge is 0.508 e. The van der Waals surface area contributed by atoms with Crippen LogP contribution in [-0.4, -0.2) is 97.6 Å². The molecule has 13 nitrogen and oxygen atoms in total. The average Bonchev–Trinajstić information content (AvgIpc) is 2.98. The summed E-state index contributed by atoms with van der Waals surface area (Å²) in [5.74, 6) is -2.64. The van der Waals surface area contributed by atoms with Crippen molar-refractivity contribution in [2.75, 3.05) is 6.61 Å². The number of aromatic hydroxyl groups is 1. The Hall–Kier alpha value is -4.66. The van der Waals surface area contributed by atoms with E-state index in [1.807, 2.05) is 0 Å². The van der Waals surface area contributed by atoms with E-state index in [2.05, 4.69) is 0 Å². The lowest BCUT2D eigenvalue weighted by atomic mass is 9.97. The van der Waals surface area contributed by atoms with E-state index >= 15 is 0 Å². The van der Waals surface area contributed by atoms with Crippen LogP contribution < -0.4 is 4.74 Å². The highest BCUT2D eigenvalue weighted by Crippen LogP contribution is 2.28. The van der Waals surface area contributed by atoms with Crippen LogP contribution in [0.25, 0.3) is 0 Å². The molecule has 3 aliphatic rings. The second-order valence-electron chi connectivity index (χ2n) is 9.75. The van der Waals surface area contributed by atoms with Gasteiger partial charge in [-0.2, -0.15) is 0 Å². The fourth-order valence-electron chi connectivity index (χ4n) is 4.02. The van der Waals surface area contributed by atoms with Crippen LogP contribution in [0.15, 0.2) is 97.2 Å². The summed E-state index contributed by atoms with van der Waals surface area (Å²) in [4.78, 5) is 47.4. The summed E-state index contributed by atoms with van der Waals surface area (Å²) in [7, 11) is 0. The molecule has 43 heavy (non-hydrogen) atoms. The number of aliphatic hydroxyl groups is 4. The van der Waals surface area contributed by atoms with E-state index in [0.29, 0.717) is 0 Å². The Kier molecular flexibility index (Phi) is 9.53. The Morgan fingerprint density at radius 2 is 1.33 bits per heavy atom. The summed E-state index contributed by atoms with van der Waals surface area (Å²) in [5.41, 5.74) is -3.43. The van der Waals surface area contributed by atoms with E-state index < -0.39 is 60.5 Å². The third kappa shape index (κ3) is 8.44. The number of rotatable bonds is 9. The van der Waals surface area contributed by atoms with Gasteiger partial charge in [-0.1, -0.05) is 0 Å². The molecule has 1 aromatic rings. The second kappa shape index (κ2) is 13.1. The predicted molar refractivity (Wildman–Crippen MR) is 145 cm³/mol.